The number of hydrogen-bond acceptors (Lipinski definition) is 1. The summed E-state index contributed by atoms with van der Waals surface area (Å²) in [5.41, 5.74) is 1.03. The molecular formula is C12H16FIOS. The molecule has 1 atom stereocenters. The largest absolute Gasteiger partial charge is 0.258 e. The summed E-state index contributed by atoms with van der Waals surface area (Å²) in [6.07, 6.45) is 0. The topological polar surface area (TPSA) is 17.1 Å². The number of rotatable bonds is 3. The number of alkyl halides is 1. The molecule has 0 heterocycles. The van der Waals surface area contributed by atoms with Crippen molar-refractivity contribution in [2.45, 2.75) is 25.5 Å². The second kappa shape index (κ2) is 6.00. The molecule has 16 heavy (non-hydrogen) atoms. The van der Waals surface area contributed by atoms with Crippen LogP contribution in [0.25, 0.3) is 0 Å². The first-order chi connectivity index (χ1) is 7.39. The Morgan fingerprint density at radius 2 is 1.88 bits per heavy atom. The molecule has 0 unspecified atom stereocenters. The SMILES string of the molecule is CC(C)(C)[S@@](=O)CI=Cc1ccc(F)cc1. The molecule has 0 bridgehead atoms. The Morgan fingerprint density at radius 1 is 1.31 bits per heavy atom. The molecule has 0 aliphatic carbocycles. The molecule has 0 radical (unpaired) electrons. The summed E-state index contributed by atoms with van der Waals surface area (Å²) in [6.45, 7) is 5.97. The predicted octanol–water partition coefficient (Wildman–Crippen LogP) is 3.45. The summed E-state index contributed by atoms with van der Waals surface area (Å²) in [5, 5.41) is 0. The molecule has 90 valence electrons. The average molecular weight is 354 g/mol. The maximum absolute atomic E-state index is 12.6. The van der Waals surface area contributed by atoms with E-state index in [9.17, 15) is 8.60 Å². The minimum atomic E-state index is -0.772. The molecule has 0 aliphatic rings. The van der Waals surface area contributed by atoms with E-state index < -0.39 is 10.8 Å². The first-order valence-corrected chi connectivity index (χ1v) is 9.03. The van der Waals surface area contributed by atoms with E-state index in [0.29, 0.717) is 0 Å². The van der Waals surface area contributed by atoms with Crippen LogP contribution in [0.15, 0.2) is 24.3 Å². The zero-order chi connectivity index (χ0) is 12.2. The van der Waals surface area contributed by atoms with Gasteiger partial charge in [0.25, 0.3) is 0 Å². The Morgan fingerprint density at radius 3 is 2.38 bits per heavy atom. The summed E-state index contributed by atoms with van der Waals surface area (Å²) in [7, 11) is -0.772. The Kier molecular flexibility index (Phi) is 5.24. The molecule has 0 amide bonds. The van der Waals surface area contributed by atoms with Gasteiger partial charge >= 0.3 is 0 Å². The van der Waals surface area contributed by atoms with Crippen LogP contribution in [0.1, 0.15) is 26.3 Å². The van der Waals surface area contributed by atoms with Gasteiger partial charge < -0.3 is 0 Å². The molecule has 0 spiro atoms. The van der Waals surface area contributed by atoms with Crippen LogP contribution in [0.2, 0.25) is 0 Å². The van der Waals surface area contributed by atoms with Crippen LogP contribution in [0.3, 0.4) is 0 Å². The summed E-state index contributed by atoms with van der Waals surface area (Å²) < 4.78 is 27.1. The van der Waals surface area contributed by atoms with E-state index >= 15 is 0 Å². The van der Waals surface area contributed by atoms with Crippen molar-refractivity contribution in [1.82, 2.24) is 0 Å². The number of hydrogen-bond donors (Lipinski definition) is 0. The van der Waals surface area contributed by atoms with Gasteiger partial charge in [-0.1, -0.05) is 12.1 Å². The lowest BCUT2D eigenvalue weighted by atomic mass is 10.2. The smallest absolute Gasteiger partial charge is 0.123 e. The molecule has 0 aliphatic heterocycles. The maximum atomic E-state index is 12.6. The molecule has 0 aromatic heterocycles. The Labute approximate surface area is 109 Å². The standard InChI is InChI=1S/C12H16FIOS/c1-12(2,3)16(15)9-14-8-10-4-6-11(13)7-5-10/h4-8H,9H2,1-3H3/t16-/m0/s1. The minimum absolute atomic E-state index is 0.129. The van der Waals surface area contributed by atoms with Crippen molar-refractivity contribution in [2.24, 2.45) is 0 Å². The van der Waals surface area contributed by atoms with Crippen LogP contribution < -0.4 is 0 Å². The number of halogens is 2. The van der Waals surface area contributed by atoms with Gasteiger partial charge in [0, 0.05) is 15.5 Å². The van der Waals surface area contributed by atoms with E-state index in [4.69, 9.17) is 0 Å². The number of benzene rings is 1. The molecule has 0 fully saturated rings. The van der Waals surface area contributed by atoms with Gasteiger partial charge in [-0.15, -0.1) is 20.7 Å². The Hall–Kier alpha value is -0.100. The lowest BCUT2D eigenvalue weighted by Crippen LogP contribution is -2.22. The van der Waals surface area contributed by atoms with Gasteiger partial charge in [0.2, 0.25) is 0 Å². The summed E-state index contributed by atoms with van der Waals surface area (Å²) in [5.74, 6) is -0.214. The van der Waals surface area contributed by atoms with Crippen LogP contribution in [-0.4, -0.2) is 16.7 Å². The second-order valence-electron chi connectivity index (χ2n) is 4.38. The highest BCUT2D eigenvalue weighted by molar-refractivity contribution is 14.2. The second-order valence-corrected chi connectivity index (χ2v) is 9.89. The van der Waals surface area contributed by atoms with E-state index in [-0.39, 0.29) is 31.3 Å². The molecule has 0 saturated heterocycles. The van der Waals surface area contributed by atoms with E-state index in [1.54, 1.807) is 12.1 Å². The fourth-order valence-electron chi connectivity index (χ4n) is 0.877. The van der Waals surface area contributed by atoms with Crippen LogP contribution in [0.5, 0.6) is 0 Å². The van der Waals surface area contributed by atoms with Crippen LogP contribution in [0, 0.1) is 5.82 Å². The molecule has 1 rings (SSSR count). The van der Waals surface area contributed by atoms with Gasteiger partial charge in [-0.2, -0.15) is 0 Å². The zero-order valence-electron chi connectivity index (χ0n) is 9.67. The van der Waals surface area contributed by atoms with Gasteiger partial charge in [0.15, 0.2) is 0 Å². The highest BCUT2D eigenvalue weighted by Gasteiger charge is 2.17. The van der Waals surface area contributed by atoms with Crippen molar-refractivity contribution in [3.63, 3.8) is 0 Å². The van der Waals surface area contributed by atoms with Crippen molar-refractivity contribution < 1.29 is 8.60 Å². The zero-order valence-corrected chi connectivity index (χ0v) is 12.6. The van der Waals surface area contributed by atoms with Crippen LogP contribution in [-0.2, 0) is 10.8 Å². The first-order valence-electron chi connectivity index (χ1n) is 4.94. The van der Waals surface area contributed by atoms with E-state index in [1.165, 1.54) is 12.1 Å². The fraction of sp³-hybridized carbons (Fsp3) is 0.417. The third-order valence-electron chi connectivity index (χ3n) is 1.92. The van der Waals surface area contributed by atoms with Crippen molar-refractivity contribution in [2.75, 3.05) is 3.76 Å². The molecule has 1 nitrogen and oxygen atoms in total. The van der Waals surface area contributed by atoms with Gasteiger partial charge in [0.1, 0.15) is 5.82 Å². The lowest BCUT2D eigenvalue weighted by Gasteiger charge is -2.15. The van der Waals surface area contributed by atoms with Gasteiger partial charge in [-0.3, -0.25) is 4.21 Å². The van der Waals surface area contributed by atoms with Crippen molar-refractivity contribution in [3.05, 3.63) is 35.6 Å². The van der Waals surface area contributed by atoms with Gasteiger partial charge in [-0.05, 0) is 42.5 Å². The molecule has 0 N–H and O–H groups in total. The molecule has 1 aromatic rings. The van der Waals surface area contributed by atoms with Crippen molar-refractivity contribution in [3.8, 4) is 0 Å². The average Bonchev–Trinajstić information content (AvgIpc) is 2.19. The third kappa shape index (κ3) is 4.82. The van der Waals surface area contributed by atoms with Crippen LogP contribution >= 0.6 is 20.7 Å². The summed E-state index contributed by atoms with van der Waals surface area (Å²) in [4.78, 5) is 0. The summed E-state index contributed by atoms with van der Waals surface area (Å²) >= 11 is -0.218. The van der Waals surface area contributed by atoms with E-state index in [1.807, 2.05) is 20.8 Å². The minimum Gasteiger partial charge on any atom is -0.258 e. The molecule has 1 aromatic carbocycles. The summed E-state index contributed by atoms with van der Waals surface area (Å²) in [6, 6.07) is 6.43. The molecular weight excluding hydrogens is 338 g/mol. The quantitative estimate of drug-likeness (QED) is 0.600. The van der Waals surface area contributed by atoms with Crippen molar-refractivity contribution in [1.29, 1.82) is 0 Å². The normalized spacial score (nSPS) is 14.8. The first kappa shape index (κ1) is 14.0. The van der Waals surface area contributed by atoms with Gasteiger partial charge in [-0.25, -0.2) is 4.39 Å². The monoisotopic (exact) mass is 354 g/mol. The van der Waals surface area contributed by atoms with Gasteiger partial charge in [0.05, 0.1) is 3.76 Å². The highest BCUT2D eigenvalue weighted by atomic mass is 127. The lowest BCUT2D eigenvalue weighted by molar-refractivity contribution is 0.628. The van der Waals surface area contributed by atoms with Crippen molar-refractivity contribution >= 4 is 35.5 Å². The Balaban J connectivity index is 2.56. The predicted molar refractivity (Wildman–Crippen MR) is 78.3 cm³/mol. The Bertz CT molecular complexity index is 392. The highest BCUT2D eigenvalue weighted by Crippen LogP contribution is 2.16. The molecule has 4 heteroatoms. The van der Waals surface area contributed by atoms with E-state index in [0.717, 1.165) is 9.32 Å². The third-order valence-corrected chi connectivity index (χ3v) is 7.54. The fourth-order valence-corrected chi connectivity index (χ4v) is 6.63. The van der Waals surface area contributed by atoms with E-state index in [2.05, 4.69) is 4.01 Å². The maximum Gasteiger partial charge on any atom is 0.123 e. The van der Waals surface area contributed by atoms with Crippen LogP contribution in [0.4, 0.5) is 4.39 Å². The molecule has 0 saturated carbocycles.